The highest BCUT2D eigenvalue weighted by molar-refractivity contribution is 9.10. The van der Waals surface area contributed by atoms with Gasteiger partial charge in [-0.1, -0.05) is 18.2 Å². The summed E-state index contributed by atoms with van der Waals surface area (Å²) in [5.41, 5.74) is 0.461. The van der Waals surface area contributed by atoms with Crippen LogP contribution in [0.25, 0.3) is 0 Å². The van der Waals surface area contributed by atoms with Gasteiger partial charge in [0.1, 0.15) is 5.69 Å². The summed E-state index contributed by atoms with van der Waals surface area (Å²) < 4.78 is 7.64. The fraction of sp³-hybridized carbons (Fsp3) is 0.368. The van der Waals surface area contributed by atoms with Gasteiger partial charge in [0.25, 0.3) is 11.6 Å². The third-order valence-corrected chi connectivity index (χ3v) is 4.42. The van der Waals surface area contributed by atoms with Crippen molar-refractivity contribution in [1.82, 2.24) is 9.88 Å². The molecule has 2 aromatic rings. The second-order valence-corrected chi connectivity index (χ2v) is 7.33. The molecule has 0 saturated heterocycles. The molecule has 9 heteroatoms. The Morgan fingerprint density at radius 2 is 2.00 bits per heavy atom. The average Bonchev–Trinajstić information content (AvgIpc) is 3.01. The number of esters is 1. The van der Waals surface area contributed by atoms with Crippen molar-refractivity contribution in [2.24, 2.45) is 0 Å². The van der Waals surface area contributed by atoms with Gasteiger partial charge in [0.15, 0.2) is 0 Å². The first-order valence-corrected chi connectivity index (χ1v) is 9.61. The summed E-state index contributed by atoms with van der Waals surface area (Å²) in [5.74, 6) is -0.987. The van der Waals surface area contributed by atoms with Gasteiger partial charge in [-0.15, -0.1) is 0 Å². The number of aromatic nitrogens is 1. The molecule has 0 aliphatic carbocycles. The van der Waals surface area contributed by atoms with E-state index in [9.17, 15) is 19.7 Å². The fourth-order valence-electron chi connectivity index (χ4n) is 2.82. The van der Waals surface area contributed by atoms with Crippen LogP contribution in [0.2, 0.25) is 0 Å². The number of nitrogens with zero attached hydrogens (tertiary/aromatic N) is 2. The number of carbonyl (C=O) groups excluding carboxylic acids is 2. The zero-order chi connectivity index (χ0) is 20.8. The Morgan fingerprint density at radius 3 is 2.61 bits per heavy atom. The quantitative estimate of drug-likeness (QED) is 0.371. The van der Waals surface area contributed by atoms with Gasteiger partial charge in [0.05, 0.1) is 29.1 Å². The van der Waals surface area contributed by atoms with E-state index in [-0.39, 0.29) is 23.8 Å². The summed E-state index contributed by atoms with van der Waals surface area (Å²) in [6, 6.07) is 6.78. The Bertz CT molecular complexity index is 878. The highest BCUT2D eigenvalue weighted by Crippen LogP contribution is 2.28. The van der Waals surface area contributed by atoms with Gasteiger partial charge in [-0.2, -0.15) is 0 Å². The molecule has 0 aliphatic heterocycles. The molecule has 0 fully saturated rings. The van der Waals surface area contributed by atoms with Crippen LogP contribution >= 0.6 is 15.9 Å². The second-order valence-electron chi connectivity index (χ2n) is 6.41. The minimum atomic E-state index is -0.903. The van der Waals surface area contributed by atoms with Gasteiger partial charge in [-0.05, 0) is 42.8 Å². The van der Waals surface area contributed by atoms with Crippen molar-refractivity contribution in [3.05, 3.63) is 62.4 Å². The van der Waals surface area contributed by atoms with E-state index >= 15 is 0 Å². The van der Waals surface area contributed by atoms with E-state index in [4.69, 9.17) is 4.74 Å². The lowest BCUT2D eigenvalue weighted by molar-refractivity contribution is -0.385. The molecule has 0 saturated carbocycles. The van der Waals surface area contributed by atoms with Crippen molar-refractivity contribution in [2.45, 2.75) is 45.9 Å². The molecule has 1 amide bonds. The van der Waals surface area contributed by atoms with E-state index in [1.165, 1.54) is 18.2 Å². The lowest BCUT2D eigenvalue weighted by atomic mass is 10.0. The van der Waals surface area contributed by atoms with Gasteiger partial charge >= 0.3 is 5.97 Å². The summed E-state index contributed by atoms with van der Waals surface area (Å²) in [6.07, 6.45) is 1.22. The topological polar surface area (TPSA) is 103 Å². The fourth-order valence-corrected chi connectivity index (χ4v) is 3.29. The third kappa shape index (κ3) is 5.41. The number of nitro benzene ring substituents is 1. The number of para-hydroxylation sites is 1. The summed E-state index contributed by atoms with van der Waals surface area (Å²) in [5, 5.41) is 14.2. The molecular formula is C19H22BrN3O5. The Hall–Kier alpha value is -2.68. The van der Waals surface area contributed by atoms with Crippen LogP contribution in [0.5, 0.6) is 0 Å². The summed E-state index contributed by atoms with van der Waals surface area (Å²) in [6.45, 7) is 5.88. The van der Waals surface area contributed by atoms with Crippen LogP contribution in [-0.4, -0.2) is 27.5 Å². The van der Waals surface area contributed by atoms with Gasteiger partial charge in [0.2, 0.25) is 0 Å². The van der Waals surface area contributed by atoms with Gasteiger partial charge in [-0.3, -0.25) is 19.7 Å². The minimum Gasteiger partial charge on any atom is -0.463 e. The van der Waals surface area contributed by atoms with Crippen LogP contribution in [0.4, 0.5) is 5.69 Å². The molecule has 1 unspecified atom stereocenters. The number of hydrogen-bond donors (Lipinski definition) is 1. The molecule has 0 radical (unpaired) electrons. The number of nitrogens with one attached hydrogen (secondary N) is 1. The normalized spacial score (nSPS) is 11.9. The number of amides is 1. The predicted octanol–water partition coefficient (Wildman–Crippen LogP) is 3.99. The van der Waals surface area contributed by atoms with E-state index in [0.29, 0.717) is 12.2 Å². The van der Waals surface area contributed by atoms with Crippen molar-refractivity contribution in [2.75, 3.05) is 0 Å². The number of nitro groups is 1. The van der Waals surface area contributed by atoms with Crippen LogP contribution in [0.1, 0.15) is 49.3 Å². The monoisotopic (exact) mass is 451 g/mol. The minimum absolute atomic E-state index is 0.169. The number of halogens is 1. The standard InChI is InChI=1S/C19H22BrN3O5/c1-4-22-11-13(20)9-17(22)19(25)21-15(10-18(24)28-12(2)3)14-7-5-6-8-16(14)23(26)27/h5-9,11-12,15H,4,10H2,1-3H3,(H,21,25). The first-order chi connectivity index (χ1) is 13.2. The number of benzene rings is 1. The van der Waals surface area contributed by atoms with E-state index in [1.54, 1.807) is 36.7 Å². The first kappa shape index (κ1) is 21.6. The molecule has 0 spiro atoms. The van der Waals surface area contributed by atoms with Crippen molar-refractivity contribution in [1.29, 1.82) is 0 Å². The average molecular weight is 452 g/mol. The van der Waals surface area contributed by atoms with Crippen LogP contribution in [0.3, 0.4) is 0 Å². The highest BCUT2D eigenvalue weighted by atomic mass is 79.9. The largest absolute Gasteiger partial charge is 0.463 e. The smallest absolute Gasteiger partial charge is 0.308 e. The highest BCUT2D eigenvalue weighted by Gasteiger charge is 2.27. The van der Waals surface area contributed by atoms with Crippen LogP contribution in [0.15, 0.2) is 41.0 Å². The molecule has 1 N–H and O–H groups in total. The predicted molar refractivity (Wildman–Crippen MR) is 107 cm³/mol. The summed E-state index contributed by atoms with van der Waals surface area (Å²) in [7, 11) is 0. The van der Waals surface area contributed by atoms with Crippen molar-refractivity contribution < 1.29 is 19.2 Å². The maximum absolute atomic E-state index is 12.8. The molecule has 1 heterocycles. The van der Waals surface area contributed by atoms with Crippen molar-refractivity contribution in [3.63, 3.8) is 0 Å². The molecule has 28 heavy (non-hydrogen) atoms. The molecule has 1 aromatic carbocycles. The van der Waals surface area contributed by atoms with E-state index in [0.717, 1.165) is 4.47 Å². The van der Waals surface area contributed by atoms with Crippen molar-refractivity contribution >= 4 is 33.5 Å². The Kier molecular flexibility index (Phi) is 7.33. The number of hydrogen-bond acceptors (Lipinski definition) is 5. The molecule has 150 valence electrons. The third-order valence-electron chi connectivity index (χ3n) is 3.99. The first-order valence-electron chi connectivity index (χ1n) is 8.82. The van der Waals surface area contributed by atoms with Gasteiger partial charge < -0.3 is 14.6 Å². The Morgan fingerprint density at radius 1 is 1.32 bits per heavy atom. The zero-order valence-corrected chi connectivity index (χ0v) is 17.4. The van der Waals surface area contributed by atoms with Gasteiger partial charge in [0, 0.05) is 23.3 Å². The molecule has 2 rings (SSSR count). The van der Waals surface area contributed by atoms with Crippen LogP contribution < -0.4 is 5.32 Å². The van der Waals surface area contributed by atoms with E-state index in [1.807, 2.05) is 6.92 Å². The van der Waals surface area contributed by atoms with Crippen molar-refractivity contribution in [3.8, 4) is 0 Å². The zero-order valence-electron chi connectivity index (χ0n) is 15.8. The number of rotatable bonds is 8. The summed E-state index contributed by atoms with van der Waals surface area (Å²) >= 11 is 3.34. The number of ether oxygens (including phenoxy) is 1. The Balaban J connectivity index is 2.37. The maximum atomic E-state index is 12.8. The molecule has 0 bridgehead atoms. The molecule has 1 aromatic heterocycles. The maximum Gasteiger partial charge on any atom is 0.308 e. The van der Waals surface area contributed by atoms with Crippen LogP contribution in [-0.2, 0) is 16.1 Å². The lowest BCUT2D eigenvalue weighted by Gasteiger charge is -2.20. The van der Waals surface area contributed by atoms with E-state index in [2.05, 4.69) is 21.2 Å². The molecule has 1 atom stereocenters. The number of aryl methyl sites for hydroxylation is 1. The lowest BCUT2D eigenvalue weighted by Crippen LogP contribution is -2.32. The number of carbonyl (C=O) groups is 2. The van der Waals surface area contributed by atoms with Crippen LogP contribution in [0, 0.1) is 10.1 Å². The second kappa shape index (κ2) is 9.50. The Labute approximate surface area is 171 Å². The SMILES string of the molecule is CCn1cc(Br)cc1C(=O)NC(CC(=O)OC(C)C)c1ccccc1[N+](=O)[O-]. The molecule has 8 nitrogen and oxygen atoms in total. The van der Waals surface area contributed by atoms with E-state index < -0.39 is 22.8 Å². The van der Waals surface area contributed by atoms with Gasteiger partial charge in [-0.25, -0.2) is 0 Å². The summed E-state index contributed by atoms with van der Waals surface area (Å²) in [4.78, 5) is 35.9. The molecule has 0 aliphatic rings. The molecular weight excluding hydrogens is 430 g/mol.